The quantitative estimate of drug-likeness (QED) is 0.376. The third-order valence-corrected chi connectivity index (χ3v) is 5.38. The molecule has 0 aromatic carbocycles. The lowest BCUT2D eigenvalue weighted by Gasteiger charge is -2.03. The van der Waals surface area contributed by atoms with Crippen molar-refractivity contribution < 1.29 is 9.05 Å². The highest BCUT2D eigenvalue weighted by Crippen LogP contribution is 2.33. The predicted octanol–water partition coefficient (Wildman–Crippen LogP) is 4.79. The topological polar surface area (TPSA) is 122 Å². The van der Waals surface area contributed by atoms with E-state index in [0.29, 0.717) is 11.4 Å². The smallest absolute Gasteiger partial charge is 0.131 e. The minimum atomic E-state index is 0.666. The van der Waals surface area contributed by atoms with Gasteiger partial charge in [0.1, 0.15) is 23.9 Å². The van der Waals surface area contributed by atoms with Crippen LogP contribution in [0.1, 0.15) is 33.9 Å². The lowest BCUT2D eigenvalue weighted by atomic mass is 10.00. The van der Waals surface area contributed by atoms with Gasteiger partial charge in [-0.05, 0) is 48.6 Å². The lowest BCUT2D eigenvalue weighted by Crippen LogP contribution is -1.89. The van der Waals surface area contributed by atoms with Crippen LogP contribution in [0.4, 0.5) is 0 Å². The van der Waals surface area contributed by atoms with Crippen molar-refractivity contribution in [2.75, 3.05) is 0 Å². The number of H-pyrrole nitrogens is 2. The molecule has 0 spiro atoms. The fraction of sp³-hybridized carbons (Fsp3) is 0. The molecule has 0 bridgehead atoms. The number of nitrogens with one attached hydrogen (secondary N) is 2. The maximum Gasteiger partial charge on any atom is 0.131 e. The number of rotatable bonds is 6. The summed E-state index contributed by atoms with van der Waals surface area (Å²) in [6, 6.07) is 11.7. The molecule has 4 aromatic rings. The minimum absolute atomic E-state index is 0.666. The Balaban J connectivity index is 1.49. The normalized spacial score (nSPS) is 12.5. The molecule has 0 aliphatic carbocycles. The van der Waals surface area contributed by atoms with Gasteiger partial charge in [0.15, 0.2) is 0 Å². The van der Waals surface area contributed by atoms with Gasteiger partial charge >= 0.3 is 0 Å². The number of hydrogen-bond acceptors (Lipinski definition) is 7. The summed E-state index contributed by atoms with van der Waals surface area (Å²) in [5.74, 6) is 0. The third kappa shape index (κ3) is 3.71. The molecule has 0 amide bonds. The molecule has 0 unspecified atom stereocenters. The molecule has 164 valence electrons. The van der Waals surface area contributed by atoms with Crippen molar-refractivity contribution in [3.05, 3.63) is 114 Å². The van der Waals surface area contributed by atoms with Crippen LogP contribution in [0.15, 0.2) is 89.0 Å². The second-order valence-electron chi connectivity index (χ2n) is 7.52. The van der Waals surface area contributed by atoms with E-state index < -0.39 is 0 Å². The van der Waals surface area contributed by atoms with Crippen molar-refractivity contribution in [3.8, 4) is 11.3 Å². The van der Waals surface area contributed by atoms with Gasteiger partial charge in [0.05, 0.1) is 24.3 Å². The summed E-state index contributed by atoms with van der Waals surface area (Å²) in [4.78, 5) is 11.1. The van der Waals surface area contributed by atoms with E-state index in [0.717, 1.165) is 44.9 Å². The summed E-state index contributed by atoms with van der Waals surface area (Å²) in [5.41, 5.74) is 8.13. The Morgan fingerprint density at radius 3 is 2.03 bits per heavy atom. The van der Waals surface area contributed by atoms with E-state index in [1.165, 1.54) is 0 Å². The summed E-state index contributed by atoms with van der Waals surface area (Å²) < 4.78 is 10.2. The van der Waals surface area contributed by atoms with E-state index in [2.05, 4.69) is 30.5 Å². The molecule has 2 N–H and O–H groups in total. The van der Waals surface area contributed by atoms with Crippen LogP contribution in [0.25, 0.3) is 34.6 Å². The van der Waals surface area contributed by atoms with Crippen LogP contribution in [0.5, 0.6) is 0 Å². The highest BCUT2D eigenvalue weighted by molar-refractivity contribution is 5.94. The summed E-state index contributed by atoms with van der Waals surface area (Å²) in [6.07, 6.45) is 16.0. The molecule has 2 aliphatic heterocycles. The summed E-state index contributed by atoms with van der Waals surface area (Å²) in [7, 11) is 0. The van der Waals surface area contributed by atoms with Crippen LogP contribution < -0.4 is 0 Å². The molecular formula is C25H17N7O2. The fourth-order valence-electron chi connectivity index (χ4n) is 3.74. The van der Waals surface area contributed by atoms with Gasteiger partial charge in [-0.3, -0.25) is 4.98 Å². The third-order valence-electron chi connectivity index (χ3n) is 5.38. The maximum atomic E-state index is 5.10. The molecular weight excluding hydrogens is 430 g/mol. The summed E-state index contributed by atoms with van der Waals surface area (Å²) >= 11 is 0. The van der Waals surface area contributed by atoms with Gasteiger partial charge in [0.2, 0.25) is 0 Å². The molecule has 0 saturated heterocycles. The van der Waals surface area contributed by atoms with Gasteiger partial charge in [-0.1, -0.05) is 10.3 Å². The predicted molar refractivity (Wildman–Crippen MR) is 125 cm³/mol. The molecule has 9 nitrogen and oxygen atoms in total. The van der Waals surface area contributed by atoms with Gasteiger partial charge in [-0.2, -0.15) is 0 Å². The second-order valence-corrected chi connectivity index (χ2v) is 7.52. The Bertz CT molecular complexity index is 1530. The Hall–Kier alpha value is -5.05. The molecule has 0 atom stereocenters. The first-order chi connectivity index (χ1) is 16.8. The zero-order valence-electron chi connectivity index (χ0n) is 17.7. The number of hydrogen-bond donors (Lipinski definition) is 2. The average Bonchev–Trinajstić information content (AvgIpc) is 3.66. The van der Waals surface area contributed by atoms with E-state index >= 15 is 0 Å². The molecule has 0 fully saturated rings. The molecule has 0 radical (unpaired) electrons. The fourth-order valence-corrected chi connectivity index (χ4v) is 3.74. The number of nitrogens with zero attached hydrogens (tertiary/aromatic N) is 5. The second kappa shape index (κ2) is 8.47. The highest BCUT2D eigenvalue weighted by atomic mass is 16.5. The number of fused-ring (bicyclic) bond motifs is 1. The maximum absolute atomic E-state index is 5.10. The van der Waals surface area contributed by atoms with E-state index in [4.69, 9.17) is 14.0 Å². The molecule has 9 heteroatoms. The Morgan fingerprint density at radius 2 is 1.41 bits per heavy atom. The zero-order valence-corrected chi connectivity index (χ0v) is 17.7. The van der Waals surface area contributed by atoms with Crippen LogP contribution in [0, 0.1) is 0 Å². The van der Waals surface area contributed by atoms with Crippen molar-refractivity contribution in [1.82, 2.24) is 35.5 Å². The Labute approximate surface area is 193 Å². The molecule has 34 heavy (non-hydrogen) atoms. The van der Waals surface area contributed by atoms with Crippen molar-refractivity contribution in [3.63, 3.8) is 0 Å². The molecule has 2 aliphatic rings. The van der Waals surface area contributed by atoms with E-state index in [-0.39, 0.29) is 0 Å². The molecule has 0 saturated carbocycles. The van der Waals surface area contributed by atoms with Crippen molar-refractivity contribution in [2.45, 2.75) is 0 Å². The van der Waals surface area contributed by atoms with Crippen molar-refractivity contribution in [1.29, 1.82) is 0 Å². The molecule has 6 rings (SSSR count). The first-order valence-corrected chi connectivity index (χ1v) is 10.5. The van der Waals surface area contributed by atoms with Crippen LogP contribution >= 0.6 is 0 Å². The Morgan fingerprint density at radius 1 is 0.735 bits per heavy atom. The monoisotopic (exact) mass is 447 g/mol. The van der Waals surface area contributed by atoms with Crippen molar-refractivity contribution in [2.24, 2.45) is 0 Å². The van der Waals surface area contributed by atoms with E-state index in [9.17, 15) is 0 Å². The highest BCUT2D eigenvalue weighted by Gasteiger charge is 2.20. The van der Waals surface area contributed by atoms with Gasteiger partial charge in [0.25, 0.3) is 0 Å². The Kier molecular flexibility index (Phi) is 4.89. The van der Waals surface area contributed by atoms with Crippen LogP contribution in [0.2, 0.25) is 0 Å². The van der Waals surface area contributed by atoms with Gasteiger partial charge in [-0.25, -0.2) is 0 Å². The SMILES string of the molecule is C(=C(/c1cnoc1)c1ccc2c(/C(=C/c3ccc[nH]3)c3cnoc3)nnc-2cn1)/c1ccc[nH]1. The van der Waals surface area contributed by atoms with Crippen LogP contribution in [-0.2, 0) is 0 Å². The van der Waals surface area contributed by atoms with Gasteiger partial charge in [0, 0.05) is 51.6 Å². The van der Waals surface area contributed by atoms with Gasteiger partial charge in [-0.15, -0.1) is 10.2 Å². The lowest BCUT2D eigenvalue weighted by molar-refractivity contribution is 0.419. The number of aromatic amines is 2. The first-order valence-electron chi connectivity index (χ1n) is 10.5. The average molecular weight is 447 g/mol. The summed E-state index contributed by atoms with van der Waals surface area (Å²) in [6.45, 7) is 0. The molecule has 6 heterocycles. The number of aromatic nitrogens is 7. The largest absolute Gasteiger partial charge is 0.364 e. The van der Waals surface area contributed by atoms with Crippen LogP contribution in [-0.4, -0.2) is 35.5 Å². The minimum Gasteiger partial charge on any atom is -0.364 e. The van der Waals surface area contributed by atoms with Gasteiger partial charge < -0.3 is 19.0 Å². The first kappa shape index (κ1) is 19.6. The summed E-state index contributed by atoms with van der Waals surface area (Å²) in [5, 5.41) is 16.6. The van der Waals surface area contributed by atoms with E-state index in [1.54, 1.807) is 31.1 Å². The zero-order chi connectivity index (χ0) is 22.7. The van der Waals surface area contributed by atoms with Crippen molar-refractivity contribution >= 4 is 23.3 Å². The molecule has 4 aromatic heterocycles. The standard InChI is InChI=1S/C25H17N7O2/c1-3-18(26-7-1)9-21(16-11-29-33-14-16)23-6-5-20-24(13-28-23)31-32-25(20)22(17-12-30-34-15-17)10-19-4-2-8-27-19/h1-15,26-27H/b21-9+,22-10+. The van der Waals surface area contributed by atoms with E-state index in [1.807, 2.05) is 60.9 Å². The van der Waals surface area contributed by atoms with Crippen LogP contribution in [0.3, 0.4) is 0 Å².